The normalized spacial score (nSPS) is 13.0. The molecular formula is C36H47N9O6. The van der Waals surface area contributed by atoms with E-state index in [1.54, 1.807) is 60.7 Å². The van der Waals surface area contributed by atoms with E-state index in [4.69, 9.17) is 22.9 Å². The number of nitrogens with one attached hydrogen (secondary N) is 4. The third-order valence-electron chi connectivity index (χ3n) is 7.84. The molecule has 51 heavy (non-hydrogen) atoms. The SMILES string of the molecule is NCCC(=O)N[C@@H](CCCN=C(N)N)C(=O)N[C@@H](Cc1ccccc1)C(=O)N[C@@H](Cc1ccccc1)C(=O)N[C@@H](Cc1ccc(O)cc1)C(N)=O. The van der Waals surface area contributed by atoms with Crippen LogP contribution in [0.4, 0.5) is 0 Å². The van der Waals surface area contributed by atoms with Gasteiger partial charge in [0.15, 0.2) is 5.96 Å². The molecule has 0 heterocycles. The number of nitrogens with two attached hydrogens (primary N) is 4. The molecule has 3 rings (SSSR count). The topological polar surface area (TPSA) is 270 Å². The maximum atomic E-state index is 14.0. The van der Waals surface area contributed by atoms with Crippen molar-refractivity contribution in [3.05, 3.63) is 102 Å². The Kier molecular flexibility index (Phi) is 15.9. The van der Waals surface area contributed by atoms with E-state index in [2.05, 4.69) is 26.3 Å². The molecule has 0 fully saturated rings. The minimum absolute atomic E-state index is 0.0130. The van der Waals surface area contributed by atoms with Gasteiger partial charge >= 0.3 is 0 Å². The summed E-state index contributed by atoms with van der Waals surface area (Å²) in [6.07, 6.45) is 0.644. The molecule has 3 aromatic rings. The highest BCUT2D eigenvalue weighted by molar-refractivity contribution is 5.95. The number of hydrogen-bond acceptors (Lipinski definition) is 8. The number of hydrogen-bond donors (Lipinski definition) is 9. The van der Waals surface area contributed by atoms with Crippen LogP contribution in [0.1, 0.15) is 36.0 Å². The molecule has 0 saturated heterocycles. The van der Waals surface area contributed by atoms with Gasteiger partial charge in [-0.2, -0.15) is 0 Å². The summed E-state index contributed by atoms with van der Waals surface area (Å²) in [4.78, 5) is 70.3. The van der Waals surface area contributed by atoms with Crippen LogP contribution >= 0.6 is 0 Å². The van der Waals surface area contributed by atoms with Gasteiger partial charge in [-0.25, -0.2) is 0 Å². The van der Waals surface area contributed by atoms with Gasteiger partial charge < -0.3 is 49.3 Å². The Morgan fingerprint density at radius 2 is 1.06 bits per heavy atom. The predicted octanol–water partition coefficient (Wildman–Crippen LogP) is -0.753. The maximum Gasteiger partial charge on any atom is 0.243 e. The van der Waals surface area contributed by atoms with Crippen LogP contribution in [-0.4, -0.2) is 77.9 Å². The molecule has 0 aromatic heterocycles. The molecule has 13 N–H and O–H groups in total. The number of guanidine groups is 1. The number of phenols is 1. The Hall–Kier alpha value is -5.96. The van der Waals surface area contributed by atoms with E-state index < -0.39 is 53.7 Å². The number of primary amides is 1. The smallest absolute Gasteiger partial charge is 0.243 e. The summed E-state index contributed by atoms with van der Waals surface area (Å²) in [6.45, 7) is 0.283. The lowest BCUT2D eigenvalue weighted by Crippen LogP contribution is -2.59. The van der Waals surface area contributed by atoms with E-state index >= 15 is 0 Å². The van der Waals surface area contributed by atoms with Crippen molar-refractivity contribution in [2.45, 2.75) is 62.7 Å². The van der Waals surface area contributed by atoms with E-state index in [1.807, 2.05) is 12.1 Å². The average Bonchev–Trinajstić information content (AvgIpc) is 3.10. The zero-order valence-corrected chi connectivity index (χ0v) is 28.3. The number of nitrogens with zero attached hydrogens (tertiary/aromatic N) is 1. The highest BCUT2D eigenvalue weighted by Crippen LogP contribution is 2.13. The van der Waals surface area contributed by atoms with Crippen LogP contribution < -0.4 is 44.2 Å². The van der Waals surface area contributed by atoms with E-state index in [-0.39, 0.29) is 56.9 Å². The molecule has 0 aliphatic carbocycles. The minimum Gasteiger partial charge on any atom is -0.508 e. The van der Waals surface area contributed by atoms with Crippen LogP contribution in [-0.2, 0) is 43.2 Å². The van der Waals surface area contributed by atoms with Crippen LogP contribution in [0.2, 0.25) is 0 Å². The van der Waals surface area contributed by atoms with Gasteiger partial charge in [0.25, 0.3) is 0 Å². The molecule has 0 bridgehead atoms. The van der Waals surface area contributed by atoms with E-state index in [0.717, 1.165) is 11.1 Å². The zero-order valence-electron chi connectivity index (χ0n) is 28.3. The number of rotatable bonds is 20. The van der Waals surface area contributed by atoms with Gasteiger partial charge in [-0.05, 0) is 41.7 Å². The van der Waals surface area contributed by atoms with Gasteiger partial charge in [-0.3, -0.25) is 29.0 Å². The number of aliphatic imine (C=N–C) groups is 1. The van der Waals surface area contributed by atoms with Gasteiger partial charge in [-0.15, -0.1) is 0 Å². The Labute approximate surface area is 296 Å². The van der Waals surface area contributed by atoms with Gasteiger partial charge in [0.2, 0.25) is 29.5 Å². The summed E-state index contributed by atoms with van der Waals surface area (Å²) in [5, 5.41) is 20.5. The van der Waals surface area contributed by atoms with Crippen LogP contribution in [0, 0.1) is 0 Å². The molecule has 4 atom stereocenters. The quantitative estimate of drug-likeness (QED) is 0.0407. The lowest BCUT2D eigenvalue weighted by molar-refractivity contribution is -0.134. The molecule has 272 valence electrons. The summed E-state index contributed by atoms with van der Waals surface area (Å²) >= 11 is 0. The molecule has 3 aromatic carbocycles. The average molecular weight is 702 g/mol. The van der Waals surface area contributed by atoms with E-state index in [9.17, 15) is 29.1 Å². The number of amides is 5. The van der Waals surface area contributed by atoms with E-state index in [0.29, 0.717) is 12.0 Å². The van der Waals surface area contributed by atoms with Crippen molar-refractivity contribution in [1.82, 2.24) is 21.3 Å². The van der Waals surface area contributed by atoms with Gasteiger partial charge in [0, 0.05) is 38.8 Å². The second-order valence-corrected chi connectivity index (χ2v) is 11.9. The van der Waals surface area contributed by atoms with Crippen molar-refractivity contribution in [3.8, 4) is 5.75 Å². The van der Waals surface area contributed by atoms with Crippen molar-refractivity contribution in [1.29, 1.82) is 0 Å². The van der Waals surface area contributed by atoms with Crippen LogP contribution in [0.3, 0.4) is 0 Å². The standard InChI is InChI=1S/C36H47N9O6/c37-18-17-31(47)42-27(12-7-19-41-36(39)40)33(49)44-30(22-24-10-5-2-6-11-24)35(51)45-29(21-23-8-3-1-4-9-23)34(50)43-28(32(38)48)20-25-13-15-26(46)16-14-25/h1-6,8-11,13-16,27-30,46H,7,12,17-22,37H2,(H2,38,48)(H,42,47)(H,43,50)(H,44,49)(H,45,51)(H4,39,40,41)/t27-,28-,29-,30-/m0/s1. The van der Waals surface area contributed by atoms with Crippen molar-refractivity contribution in [2.24, 2.45) is 27.9 Å². The molecule has 15 nitrogen and oxygen atoms in total. The largest absolute Gasteiger partial charge is 0.508 e. The van der Waals surface area contributed by atoms with Crippen molar-refractivity contribution in [3.63, 3.8) is 0 Å². The highest BCUT2D eigenvalue weighted by Gasteiger charge is 2.31. The fourth-order valence-corrected chi connectivity index (χ4v) is 5.20. The molecule has 15 heteroatoms. The monoisotopic (exact) mass is 701 g/mol. The fourth-order valence-electron chi connectivity index (χ4n) is 5.20. The molecule has 0 saturated carbocycles. The van der Waals surface area contributed by atoms with Crippen molar-refractivity contribution < 1.29 is 29.1 Å². The van der Waals surface area contributed by atoms with Crippen molar-refractivity contribution in [2.75, 3.05) is 13.1 Å². The minimum atomic E-state index is -1.18. The molecule has 0 aliphatic rings. The summed E-state index contributed by atoms with van der Waals surface area (Å²) in [5.74, 6) is -3.29. The summed E-state index contributed by atoms with van der Waals surface area (Å²) in [7, 11) is 0. The Morgan fingerprint density at radius 1 is 0.608 bits per heavy atom. The predicted molar refractivity (Wildman–Crippen MR) is 193 cm³/mol. The first-order chi connectivity index (χ1) is 24.4. The highest BCUT2D eigenvalue weighted by atomic mass is 16.3. The molecule has 0 aliphatic heterocycles. The lowest BCUT2D eigenvalue weighted by atomic mass is 10.0. The fraction of sp³-hybridized carbons (Fsp3) is 0.333. The van der Waals surface area contributed by atoms with Crippen LogP contribution in [0.15, 0.2) is 89.9 Å². The first-order valence-electron chi connectivity index (χ1n) is 16.6. The number of aromatic hydroxyl groups is 1. The molecule has 0 unspecified atom stereocenters. The molecule has 0 spiro atoms. The summed E-state index contributed by atoms with van der Waals surface area (Å²) < 4.78 is 0. The number of benzene rings is 3. The number of phenolic OH excluding ortho intramolecular Hbond substituents is 1. The lowest BCUT2D eigenvalue weighted by Gasteiger charge is -2.26. The molecule has 5 amide bonds. The second kappa shape index (κ2) is 20.5. The Morgan fingerprint density at radius 3 is 1.53 bits per heavy atom. The van der Waals surface area contributed by atoms with Gasteiger partial charge in [0.1, 0.15) is 29.9 Å². The summed E-state index contributed by atoms with van der Waals surface area (Å²) in [5.41, 5.74) is 24.1. The van der Waals surface area contributed by atoms with E-state index in [1.165, 1.54) is 12.1 Å². The van der Waals surface area contributed by atoms with Gasteiger partial charge in [0.05, 0.1) is 0 Å². The zero-order chi connectivity index (χ0) is 37.2. The summed E-state index contributed by atoms with van der Waals surface area (Å²) in [6, 6.07) is 19.5. The molecular weight excluding hydrogens is 654 g/mol. The number of carbonyl (C=O) groups excluding carboxylic acids is 5. The van der Waals surface area contributed by atoms with Crippen LogP contribution in [0.5, 0.6) is 5.75 Å². The Balaban J connectivity index is 1.87. The first-order valence-corrected chi connectivity index (χ1v) is 16.6. The van der Waals surface area contributed by atoms with Crippen molar-refractivity contribution >= 4 is 35.5 Å². The number of carbonyl (C=O) groups is 5. The third-order valence-corrected chi connectivity index (χ3v) is 7.84. The first kappa shape index (κ1) is 39.5. The maximum absolute atomic E-state index is 14.0. The van der Waals surface area contributed by atoms with Gasteiger partial charge in [-0.1, -0.05) is 72.8 Å². The third kappa shape index (κ3) is 14.2. The molecule has 0 radical (unpaired) electrons. The van der Waals surface area contributed by atoms with Crippen LogP contribution in [0.25, 0.3) is 0 Å². The second-order valence-electron chi connectivity index (χ2n) is 11.9. The Bertz CT molecular complexity index is 1620.